The van der Waals surface area contributed by atoms with Crippen molar-refractivity contribution in [3.8, 4) is 0 Å². The zero-order valence-corrected chi connectivity index (χ0v) is 21.2. The van der Waals surface area contributed by atoms with Crippen molar-refractivity contribution in [1.29, 1.82) is 0 Å². The first-order valence-corrected chi connectivity index (χ1v) is 12.0. The summed E-state index contributed by atoms with van der Waals surface area (Å²) >= 11 is 0. The van der Waals surface area contributed by atoms with Gasteiger partial charge in [-0.05, 0) is 36.7 Å². The fourth-order valence-electron chi connectivity index (χ4n) is 3.52. The largest absolute Gasteiger partial charge is 0.481 e. The Balaban J connectivity index is 2.99. The van der Waals surface area contributed by atoms with Crippen LogP contribution in [0.15, 0.2) is 30.3 Å². The van der Waals surface area contributed by atoms with Crippen molar-refractivity contribution in [2.24, 2.45) is 17.6 Å². The lowest BCUT2D eigenvalue weighted by molar-refractivity contribution is -0.144. The van der Waals surface area contributed by atoms with Crippen LogP contribution in [0.5, 0.6) is 0 Å². The molecule has 36 heavy (non-hydrogen) atoms. The molecule has 1 rings (SSSR count). The molecule has 0 heterocycles. The first kappa shape index (κ1) is 30.6. The highest BCUT2D eigenvalue weighted by molar-refractivity contribution is 5.94. The van der Waals surface area contributed by atoms with E-state index < -0.39 is 66.2 Å². The summed E-state index contributed by atoms with van der Waals surface area (Å²) in [6.07, 6.45) is -0.182. The highest BCUT2D eigenvalue weighted by atomic mass is 16.4. The van der Waals surface area contributed by atoms with E-state index in [1.807, 2.05) is 44.2 Å². The molecular weight excluding hydrogens is 468 g/mol. The lowest BCUT2D eigenvalue weighted by Gasteiger charge is -2.26. The summed E-state index contributed by atoms with van der Waals surface area (Å²) < 4.78 is 0. The van der Waals surface area contributed by atoms with Crippen molar-refractivity contribution < 1.29 is 34.2 Å². The second-order valence-electron chi connectivity index (χ2n) is 9.55. The lowest BCUT2D eigenvalue weighted by Crippen LogP contribution is -2.58. The quantitative estimate of drug-likeness (QED) is 0.200. The zero-order chi connectivity index (χ0) is 27.4. The molecule has 4 unspecified atom stereocenters. The number of amides is 3. The Kier molecular flexibility index (Phi) is 12.6. The van der Waals surface area contributed by atoms with Gasteiger partial charge in [-0.15, -0.1) is 0 Å². The van der Waals surface area contributed by atoms with Gasteiger partial charge in [-0.3, -0.25) is 19.2 Å². The highest BCUT2D eigenvalue weighted by Crippen LogP contribution is 2.09. The molecule has 11 heteroatoms. The van der Waals surface area contributed by atoms with Gasteiger partial charge in [-0.25, -0.2) is 4.79 Å². The van der Waals surface area contributed by atoms with E-state index in [0.717, 1.165) is 5.56 Å². The number of nitrogens with two attached hydrogens (primary N) is 1. The van der Waals surface area contributed by atoms with Gasteiger partial charge in [0.15, 0.2) is 0 Å². The standard InChI is InChI=1S/C25H38N4O7/c1-14(2)12-19(28-22(32)17(26)13-16-8-6-5-7-9-16)24(34)27-18(10-11-20(30)31)23(33)29-21(15(3)4)25(35)36/h5-9,14-15,17-19,21H,10-13,26H2,1-4H3,(H,27,34)(H,28,32)(H,29,33)(H,30,31)(H,35,36). The van der Waals surface area contributed by atoms with Gasteiger partial charge in [0.2, 0.25) is 17.7 Å². The molecule has 0 spiro atoms. The summed E-state index contributed by atoms with van der Waals surface area (Å²) in [7, 11) is 0. The SMILES string of the molecule is CC(C)CC(NC(=O)C(N)Cc1ccccc1)C(=O)NC(CCC(=O)O)C(=O)NC(C(=O)O)C(C)C. The van der Waals surface area contributed by atoms with Crippen molar-refractivity contribution in [3.63, 3.8) is 0 Å². The number of rotatable bonds is 15. The van der Waals surface area contributed by atoms with Crippen LogP contribution in [0.25, 0.3) is 0 Å². The van der Waals surface area contributed by atoms with Gasteiger partial charge < -0.3 is 31.9 Å². The predicted octanol–water partition coefficient (Wildman–Crippen LogP) is 0.662. The third-order valence-corrected chi connectivity index (χ3v) is 5.49. The number of carboxylic acids is 2. The van der Waals surface area contributed by atoms with E-state index in [0.29, 0.717) is 0 Å². The molecule has 0 saturated heterocycles. The maximum Gasteiger partial charge on any atom is 0.326 e. The second kappa shape index (κ2) is 14.8. The zero-order valence-electron chi connectivity index (χ0n) is 21.2. The van der Waals surface area contributed by atoms with Crippen LogP contribution in [0, 0.1) is 11.8 Å². The highest BCUT2D eigenvalue weighted by Gasteiger charge is 2.31. The minimum atomic E-state index is -1.31. The van der Waals surface area contributed by atoms with Crippen molar-refractivity contribution in [3.05, 3.63) is 35.9 Å². The summed E-state index contributed by atoms with van der Waals surface area (Å²) in [4.78, 5) is 61.2. The van der Waals surface area contributed by atoms with Crippen LogP contribution in [-0.4, -0.2) is 64.0 Å². The molecule has 7 N–H and O–H groups in total. The number of carbonyl (C=O) groups excluding carboxylic acids is 3. The Morgan fingerprint density at radius 3 is 1.89 bits per heavy atom. The maximum atomic E-state index is 13.1. The van der Waals surface area contributed by atoms with Gasteiger partial charge in [-0.2, -0.15) is 0 Å². The molecule has 0 saturated carbocycles. The minimum Gasteiger partial charge on any atom is -0.481 e. The van der Waals surface area contributed by atoms with Gasteiger partial charge in [-0.1, -0.05) is 58.0 Å². The van der Waals surface area contributed by atoms with E-state index in [1.165, 1.54) is 0 Å². The Hall–Kier alpha value is -3.47. The molecule has 3 amide bonds. The number of benzene rings is 1. The fourth-order valence-corrected chi connectivity index (χ4v) is 3.52. The Morgan fingerprint density at radius 2 is 1.39 bits per heavy atom. The molecule has 0 aliphatic heterocycles. The second-order valence-corrected chi connectivity index (χ2v) is 9.55. The molecule has 0 aliphatic rings. The summed E-state index contributed by atoms with van der Waals surface area (Å²) in [5.41, 5.74) is 6.90. The average molecular weight is 507 g/mol. The molecule has 200 valence electrons. The summed E-state index contributed by atoms with van der Waals surface area (Å²) in [6.45, 7) is 6.92. The normalized spacial score (nSPS) is 14.4. The van der Waals surface area contributed by atoms with Gasteiger partial charge in [0.1, 0.15) is 18.1 Å². The van der Waals surface area contributed by atoms with Crippen LogP contribution in [-0.2, 0) is 30.4 Å². The van der Waals surface area contributed by atoms with Gasteiger partial charge in [0, 0.05) is 6.42 Å². The fraction of sp³-hybridized carbons (Fsp3) is 0.560. The molecule has 0 radical (unpaired) electrons. The summed E-state index contributed by atoms with van der Waals surface area (Å²) in [6, 6.07) is 4.69. The maximum absolute atomic E-state index is 13.1. The molecule has 0 aliphatic carbocycles. The predicted molar refractivity (Wildman–Crippen MR) is 133 cm³/mol. The number of hydrogen-bond acceptors (Lipinski definition) is 6. The van der Waals surface area contributed by atoms with E-state index >= 15 is 0 Å². The monoisotopic (exact) mass is 506 g/mol. The van der Waals surface area contributed by atoms with Crippen LogP contribution < -0.4 is 21.7 Å². The van der Waals surface area contributed by atoms with E-state index in [9.17, 15) is 29.1 Å². The van der Waals surface area contributed by atoms with Crippen molar-refractivity contribution in [2.75, 3.05) is 0 Å². The Labute approximate surface area is 211 Å². The van der Waals surface area contributed by atoms with Gasteiger partial charge in [0.05, 0.1) is 6.04 Å². The molecule has 0 aromatic heterocycles. The number of nitrogens with one attached hydrogen (secondary N) is 3. The molecule has 0 fully saturated rings. The van der Waals surface area contributed by atoms with Crippen molar-refractivity contribution in [1.82, 2.24) is 16.0 Å². The van der Waals surface area contributed by atoms with Crippen LogP contribution >= 0.6 is 0 Å². The molecule has 0 bridgehead atoms. The first-order chi connectivity index (χ1) is 16.8. The number of hydrogen-bond donors (Lipinski definition) is 6. The van der Waals surface area contributed by atoms with E-state index in [2.05, 4.69) is 16.0 Å². The number of aliphatic carboxylic acids is 2. The average Bonchev–Trinajstić information content (AvgIpc) is 2.79. The van der Waals surface area contributed by atoms with Crippen molar-refractivity contribution >= 4 is 29.7 Å². The third kappa shape index (κ3) is 10.9. The molecule has 4 atom stereocenters. The third-order valence-electron chi connectivity index (χ3n) is 5.49. The number of carboxylic acid groups (broad SMARTS) is 2. The van der Waals surface area contributed by atoms with Crippen LogP contribution in [0.4, 0.5) is 0 Å². The number of carbonyl (C=O) groups is 5. The summed E-state index contributed by atoms with van der Waals surface area (Å²) in [5.74, 6) is -4.93. The molecule has 1 aromatic carbocycles. The van der Waals surface area contributed by atoms with Crippen LogP contribution in [0.2, 0.25) is 0 Å². The lowest BCUT2D eigenvalue weighted by atomic mass is 10.00. The van der Waals surface area contributed by atoms with Crippen LogP contribution in [0.1, 0.15) is 52.5 Å². The Bertz CT molecular complexity index is 905. The van der Waals surface area contributed by atoms with E-state index in [-0.39, 0.29) is 25.2 Å². The van der Waals surface area contributed by atoms with E-state index in [4.69, 9.17) is 10.8 Å². The smallest absolute Gasteiger partial charge is 0.326 e. The van der Waals surface area contributed by atoms with Gasteiger partial charge in [0.25, 0.3) is 0 Å². The van der Waals surface area contributed by atoms with Crippen molar-refractivity contribution in [2.45, 2.75) is 77.5 Å². The Morgan fingerprint density at radius 1 is 0.833 bits per heavy atom. The van der Waals surface area contributed by atoms with E-state index in [1.54, 1.807) is 13.8 Å². The first-order valence-electron chi connectivity index (χ1n) is 12.0. The summed E-state index contributed by atoms with van der Waals surface area (Å²) in [5, 5.41) is 25.9. The minimum absolute atomic E-state index is 0.00461. The van der Waals surface area contributed by atoms with Gasteiger partial charge >= 0.3 is 11.9 Å². The molecular formula is C25H38N4O7. The molecule has 11 nitrogen and oxygen atoms in total. The molecule has 1 aromatic rings. The van der Waals surface area contributed by atoms with Crippen LogP contribution in [0.3, 0.4) is 0 Å². The topological polar surface area (TPSA) is 188 Å².